The number of hydrogen-bond donors (Lipinski definition) is 1. The van der Waals surface area contributed by atoms with Crippen LogP contribution < -0.4 is 5.32 Å². The maximum absolute atomic E-state index is 12.5. The van der Waals surface area contributed by atoms with Crippen LogP contribution in [0.1, 0.15) is 39.5 Å². The number of nitrogens with one attached hydrogen (secondary N) is 1. The maximum atomic E-state index is 12.5. The molecule has 1 amide bonds. The number of fused-ring (bicyclic) bond motifs is 1. The van der Waals surface area contributed by atoms with E-state index in [9.17, 15) is 4.79 Å². The van der Waals surface area contributed by atoms with Gasteiger partial charge in [-0.1, -0.05) is 13.8 Å². The van der Waals surface area contributed by atoms with Gasteiger partial charge in [-0.25, -0.2) is 0 Å². The lowest BCUT2D eigenvalue weighted by atomic mass is 9.55. The molecule has 7 heteroatoms. The Balaban J connectivity index is 1.32. The fraction of sp³-hybridized carbons (Fsp3) is 0.900. The van der Waals surface area contributed by atoms with Crippen molar-refractivity contribution in [1.82, 2.24) is 15.1 Å². The number of nitrogens with zero attached hydrogens (tertiary/aromatic N) is 3. The summed E-state index contributed by atoms with van der Waals surface area (Å²) in [5.74, 6) is 1.70. The van der Waals surface area contributed by atoms with E-state index in [1.165, 1.54) is 6.42 Å². The standard InChI is InChI=1S/C20H34N4O3/c1-20(2)16(14-6-4-13-27-17(14)20)22-19(21-3)24-10-8-23(9-11-24)18(25)15-7-5-12-26-15/h14-17H,4-13H2,1-3H3,(H,21,22). The molecule has 4 unspecified atom stereocenters. The Kier molecular flexibility index (Phi) is 5.34. The van der Waals surface area contributed by atoms with Crippen molar-refractivity contribution in [3.63, 3.8) is 0 Å². The fourth-order valence-electron chi connectivity index (χ4n) is 5.37. The Morgan fingerprint density at radius 3 is 2.37 bits per heavy atom. The van der Waals surface area contributed by atoms with E-state index < -0.39 is 0 Å². The van der Waals surface area contributed by atoms with Gasteiger partial charge in [0.2, 0.25) is 0 Å². The number of piperazine rings is 1. The Hall–Kier alpha value is -1.34. The van der Waals surface area contributed by atoms with E-state index in [-0.39, 0.29) is 17.4 Å². The van der Waals surface area contributed by atoms with Crippen LogP contribution in [-0.4, -0.2) is 86.4 Å². The smallest absolute Gasteiger partial charge is 0.251 e. The van der Waals surface area contributed by atoms with Gasteiger partial charge < -0.3 is 24.6 Å². The molecule has 0 aromatic carbocycles. The molecule has 3 saturated heterocycles. The van der Waals surface area contributed by atoms with Crippen molar-refractivity contribution in [2.24, 2.45) is 16.3 Å². The molecule has 0 bridgehead atoms. The van der Waals surface area contributed by atoms with Gasteiger partial charge in [0, 0.05) is 63.8 Å². The van der Waals surface area contributed by atoms with Crippen molar-refractivity contribution in [1.29, 1.82) is 0 Å². The Morgan fingerprint density at radius 1 is 1.04 bits per heavy atom. The van der Waals surface area contributed by atoms with Crippen molar-refractivity contribution in [2.45, 2.75) is 57.8 Å². The molecule has 1 N–H and O–H groups in total. The molecule has 0 aromatic heterocycles. The second-order valence-corrected chi connectivity index (χ2v) is 8.90. The summed E-state index contributed by atoms with van der Waals surface area (Å²) < 4.78 is 11.6. The third kappa shape index (κ3) is 3.44. The van der Waals surface area contributed by atoms with Gasteiger partial charge >= 0.3 is 0 Å². The molecule has 3 heterocycles. The number of ether oxygens (including phenoxy) is 2. The van der Waals surface area contributed by atoms with E-state index in [0.717, 1.165) is 64.6 Å². The second kappa shape index (κ2) is 7.59. The lowest BCUT2D eigenvalue weighted by Crippen LogP contribution is -2.71. The summed E-state index contributed by atoms with van der Waals surface area (Å²) in [6, 6.07) is 0.396. The Morgan fingerprint density at radius 2 is 1.70 bits per heavy atom. The summed E-state index contributed by atoms with van der Waals surface area (Å²) >= 11 is 0. The fourth-order valence-corrected chi connectivity index (χ4v) is 5.37. The van der Waals surface area contributed by atoms with Crippen LogP contribution in [0.4, 0.5) is 0 Å². The highest BCUT2D eigenvalue weighted by molar-refractivity contribution is 5.83. The van der Waals surface area contributed by atoms with Crippen molar-refractivity contribution in [3.8, 4) is 0 Å². The van der Waals surface area contributed by atoms with Crippen molar-refractivity contribution >= 4 is 11.9 Å². The topological polar surface area (TPSA) is 66.4 Å². The molecule has 0 spiro atoms. The third-order valence-corrected chi connectivity index (χ3v) is 6.92. The zero-order valence-corrected chi connectivity index (χ0v) is 16.9. The molecule has 4 aliphatic rings. The third-order valence-electron chi connectivity index (χ3n) is 6.92. The van der Waals surface area contributed by atoms with Crippen molar-refractivity contribution in [3.05, 3.63) is 0 Å². The van der Waals surface area contributed by atoms with Crippen LogP contribution in [0.25, 0.3) is 0 Å². The van der Waals surface area contributed by atoms with E-state index >= 15 is 0 Å². The number of aliphatic imine (C=N–C) groups is 1. The van der Waals surface area contributed by atoms with Crippen LogP contribution in [0.5, 0.6) is 0 Å². The van der Waals surface area contributed by atoms with Crippen molar-refractivity contribution < 1.29 is 14.3 Å². The SMILES string of the molecule is CN=C(NC1C2CCCOC2C1(C)C)N1CCN(C(=O)C2CCCO2)CC1. The molecule has 0 aromatic rings. The van der Waals surface area contributed by atoms with Gasteiger partial charge in [-0.3, -0.25) is 9.79 Å². The Bertz CT molecular complexity index is 580. The molecule has 4 rings (SSSR count). The zero-order valence-electron chi connectivity index (χ0n) is 16.9. The zero-order chi connectivity index (χ0) is 19.0. The van der Waals surface area contributed by atoms with Crippen LogP contribution in [0, 0.1) is 11.3 Å². The van der Waals surface area contributed by atoms with Crippen LogP contribution in [-0.2, 0) is 14.3 Å². The van der Waals surface area contributed by atoms with Crippen molar-refractivity contribution in [2.75, 3.05) is 46.4 Å². The summed E-state index contributed by atoms with van der Waals surface area (Å²) in [4.78, 5) is 21.3. The number of amides is 1. The maximum Gasteiger partial charge on any atom is 0.251 e. The Labute approximate surface area is 162 Å². The van der Waals surface area contributed by atoms with Gasteiger partial charge in [-0.15, -0.1) is 0 Å². The molecule has 152 valence electrons. The van der Waals surface area contributed by atoms with E-state index in [0.29, 0.717) is 18.1 Å². The van der Waals surface area contributed by atoms with E-state index in [4.69, 9.17) is 9.47 Å². The lowest BCUT2D eigenvalue weighted by Gasteiger charge is -2.60. The molecule has 4 atom stereocenters. The second-order valence-electron chi connectivity index (χ2n) is 8.90. The summed E-state index contributed by atoms with van der Waals surface area (Å²) in [6.07, 6.45) is 4.39. The highest BCUT2D eigenvalue weighted by atomic mass is 16.5. The molecule has 3 aliphatic heterocycles. The minimum absolute atomic E-state index is 0.124. The normalized spacial score (nSPS) is 36.2. The van der Waals surface area contributed by atoms with E-state index in [2.05, 4.69) is 29.1 Å². The minimum atomic E-state index is -0.215. The van der Waals surface area contributed by atoms with Gasteiger partial charge in [0.25, 0.3) is 5.91 Å². The van der Waals surface area contributed by atoms with Crippen LogP contribution in [0.2, 0.25) is 0 Å². The van der Waals surface area contributed by atoms with Gasteiger partial charge in [0.1, 0.15) is 6.10 Å². The van der Waals surface area contributed by atoms with Crippen LogP contribution in [0.3, 0.4) is 0 Å². The lowest BCUT2D eigenvalue weighted by molar-refractivity contribution is -0.188. The number of carbonyl (C=O) groups excluding carboxylic acids is 1. The summed E-state index contributed by atoms with van der Waals surface area (Å²) in [6.45, 7) is 9.31. The first-order valence-corrected chi connectivity index (χ1v) is 10.5. The quantitative estimate of drug-likeness (QED) is 0.576. The highest BCUT2D eigenvalue weighted by Gasteiger charge is 2.58. The predicted molar refractivity (Wildman–Crippen MR) is 104 cm³/mol. The summed E-state index contributed by atoms with van der Waals surface area (Å²) in [5, 5.41) is 3.73. The van der Waals surface area contributed by atoms with E-state index in [1.54, 1.807) is 0 Å². The summed E-state index contributed by atoms with van der Waals surface area (Å²) in [7, 11) is 1.85. The van der Waals surface area contributed by atoms with Gasteiger partial charge in [0.15, 0.2) is 5.96 Å². The first-order chi connectivity index (χ1) is 13.0. The van der Waals surface area contributed by atoms with Gasteiger partial charge in [-0.05, 0) is 25.7 Å². The first kappa shape index (κ1) is 19.0. The first-order valence-electron chi connectivity index (χ1n) is 10.5. The number of hydrogen-bond acceptors (Lipinski definition) is 4. The predicted octanol–water partition coefficient (Wildman–Crippen LogP) is 1.09. The molecule has 7 nitrogen and oxygen atoms in total. The average molecular weight is 379 g/mol. The highest BCUT2D eigenvalue weighted by Crippen LogP contribution is 2.51. The van der Waals surface area contributed by atoms with Gasteiger partial charge in [-0.2, -0.15) is 0 Å². The average Bonchev–Trinajstić information content (AvgIpc) is 3.23. The summed E-state index contributed by atoms with van der Waals surface area (Å²) in [5.41, 5.74) is 0.124. The minimum Gasteiger partial charge on any atom is -0.377 e. The van der Waals surface area contributed by atoms with Gasteiger partial charge in [0.05, 0.1) is 6.10 Å². The number of carbonyl (C=O) groups is 1. The van der Waals surface area contributed by atoms with Crippen LogP contribution >= 0.6 is 0 Å². The largest absolute Gasteiger partial charge is 0.377 e. The van der Waals surface area contributed by atoms with Crippen LogP contribution in [0.15, 0.2) is 4.99 Å². The molecular weight excluding hydrogens is 344 g/mol. The molecule has 4 fully saturated rings. The molecule has 27 heavy (non-hydrogen) atoms. The molecule has 0 radical (unpaired) electrons. The number of guanidine groups is 1. The molecule has 1 saturated carbocycles. The monoisotopic (exact) mass is 378 g/mol. The van der Waals surface area contributed by atoms with E-state index in [1.807, 2.05) is 11.9 Å². The molecule has 1 aliphatic carbocycles. The molecular formula is C20H34N4O3. The number of rotatable bonds is 2.